The van der Waals surface area contributed by atoms with Crippen LogP contribution in [0, 0.1) is 0 Å². The van der Waals surface area contributed by atoms with Gasteiger partial charge in [-0.05, 0) is 55.9 Å². The van der Waals surface area contributed by atoms with Crippen molar-refractivity contribution in [1.82, 2.24) is 29.9 Å². The molecule has 1 aliphatic heterocycles. The van der Waals surface area contributed by atoms with Crippen LogP contribution in [-0.4, -0.2) is 61.4 Å². The van der Waals surface area contributed by atoms with Crippen LogP contribution < -0.4 is 10.6 Å². The van der Waals surface area contributed by atoms with E-state index < -0.39 is 0 Å². The Kier molecular flexibility index (Phi) is 6.28. The van der Waals surface area contributed by atoms with Crippen molar-refractivity contribution in [1.29, 1.82) is 0 Å². The van der Waals surface area contributed by atoms with Crippen LogP contribution in [0.3, 0.4) is 0 Å². The molecule has 1 saturated heterocycles. The van der Waals surface area contributed by atoms with Crippen LogP contribution in [0.2, 0.25) is 0 Å². The first-order chi connectivity index (χ1) is 18.1. The van der Waals surface area contributed by atoms with Gasteiger partial charge in [0, 0.05) is 30.7 Å². The minimum atomic E-state index is 0.0330. The van der Waals surface area contributed by atoms with E-state index >= 15 is 0 Å². The van der Waals surface area contributed by atoms with Gasteiger partial charge in [-0.25, -0.2) is 5.10 Å². The molecule has 1 aliphatic carbocycles. The Bertz CT molecular complexity index is 1390. The fourth-order valence-corrected chi connectivity index (χ4v) is 5.66. The van der Waals surface area contributed by atoms with Gasteiger partial charge in [0.2, 0.25) is 11.9 Å². The van der Waals surface area contributed by atoms with Crippen molar-refractivity contribution in [3.8, 4) is 0 Å². The highest BCUT2D eigenvalue weighted by atomic mass is 16.2. The molecule has 0 unspecified atom stereocenters. The topological polar surface area (TPSA) is 109 Å². The minimum Gasteiger partial charge on any atom is -0.368 e. The molecule has 2 aromatic carbocycles. The molecular weight excluding hydrogens is 464 g/mol. The summed E-state index contributed by atoms with van der Waals surface area (Å²) in [5.41, 5.74) is 10.5. The van der Waals surface area contributed by atoms with Gasteiger partial charge in [0.15, 0.2) is 5.82 Å². The molecule has 1 saturated carbocycles. The molecule has 2 aliphatic rings. The number of anilines is 2. The van der Waals surface area contributed by atoms with Crippen molar-refractivity contribution in [3.63, 3.8) is 0 Å². The highest BCUT2D eigenvalue weighted by Crippen LogP contribution is 2.36. The highest BCUT2D eigenvalue weighted by molar-refractivity contribution is 5.86. The van der Waals surface area contributed by atoms with Crippen molar-refractivity contribution in [2.45, 2.75) is 57.5 Å². The molecular formula is C28H34N8O. The Hall–Kier alpha value is -3.88. The predicted molar refractivity (Wildman–Crippen MR) is 144 cm³/mol. The number of aromatic nitrogens is 5. The number of H-pyrrole nitrogens is 1. The lowest BCUT2D eigenvalue weighted by Gasteiger charge is -2.42. The van der Waals surface area contributed by atoms with Crippen molar-refractivity contribution >= 4 is 28.4 Å². The highest BCUT2D eigenvalue weighted by Gasteiger charge is 2.32. The molecule has 3 N–H and O–H groups in total. The summed E-state index contributed by atoms with van der Waals surface area (Å²) in [7, 11) is 0. The number of carbonyl (C=O) groups is 1. The van der Waals surface area contributed by atoms with Crippen LogP contribution in [0.4, 0.5) is 11.6 Å². The number of aryl methyl sites for hydroxylation is 1. The molecule has 4 aromatic rings. The number of fused-ring (bicyclic) bond motifs is 1. The Morgan fingerprint density at radius 2 is 1.97 bits per heavy atom. The van der Waals surface area contributed by atoms with Crippen molar-refractivity contribution < 1.29 is 4.79 Å². The molecule has 0 radical (unpaired) electrons. The maximum atomic E-state index is 13.4. The van der Waals surface area contributed by atoms with E-state index in [0.717, 1.165) is 25.9 Å². The Morgan fingerprint density at radius 3 is 2.68 bits per heavy atom. The number of piperazine rings is 1. The molecule has 37 heavy (non-hydrogen) atoms. The van der Waals surface area contributed by atoms with E-state index in [1.165, 1.54) is 47.1 Å². The van der Waals surface area contributed by atoms with E-state index in [1.807, 2.05) is 11.0 Å². The Morgan fingerprint density at radius 1 is 1.14 bits per heavy atom. The van der Waals surface area contributed by atoms with E-state index in [9.17, 15) is 4.79 Å². The summed E-state index contributed by atoms with van der Waals surface area (Å²) in [6, 6.07) is 17.7. The van der Waals surface area contributed by atoms with E-state index in [1.54, 1.807) is 0 Å². The molecule has 0 spiro atoms. The van der Waals surface area contributed by atoms with Gasteiger partial charge < -0.3 is 15.5 Å². The average molecular weight is 499 g/mol. The van der Waals surface area contributed by atoms with E-state index in [2.05, 4.69) is 74.2 Å². The van der Waals surface area contributed by atoms with Crippen LogP contribution in [0.25, 0.3) is 10.9 Å². The number of nitrogens with two attached hydrogens (primary N) is 1. The summed E-state index contributed by atoms with van der Waals surface area (Å²) < 4.78 is 2.27. The second kappa shape index (κ2) is 9.88. The van der Waals surface area contributed by atoms with Gasteiger partial charge >= 0.3 is 0 Å². The maximum Gasteiger partial charge on any atom is 0.230 e. The number of amides is 1. The van der Waals surface area contributed by atoms with Crippen LogP contribution >= 0.6 is 0 Å². The standard InChI is InChI=1S/C28H34N8O/c1-2-24-23-12-11-21(16-25(23)36(33-24)20-9-6-10-20)34-13-14-35(27(37)17-26-30-28(29)32-31-26)22(18-34)15-19-7-4-3-5-8-19/h3-5,7-8,11-12,16,20,22H,2,6,9-10,13-15,17-18H2,1H3,(H3,29,30,31,32)/t22-/m0/s1. The summed E-state index contributed by atoms with van der Waals surface area (Å²) in [6.07, 6.45) is 5.57. The third kappa shape index (κ3) is 4.65. The largest absolute Gasteiger partial charge is 0.368 e. The molecule has 1 amide bonds. The van der Waals surface area contributed by atoms with Crippen molar-refractivity contribution in [2.75, 3.05) is 30.3 Å². The average Bonchev–Trinajstić information content (AvgIpc) is 3.46. The van der Waals surface area contributed by atoms with Gasteiger partial charge in [-0.2, -0.15) is 15.2 Å². The number of carbonyl (C=O) groups excluding carboxylic acids is 1. The lowest BCUT2D eigenvalue weighted by molar-refractivity contribution is -0.133. The predicted octanol–water partition coefficient (Wildman–Crippen LogP) is 3.53. The SMILES string of the molecule is CCc1nn(C2CCC2)c2cc(N3CCN(C(=O)Cc4n[nH]c(N)n4)[C@@H](Cc4ccccc4)C3)ccc12. The molecule has 2 fully saturated rings. The smallest absolute Gasteiger partial charge is 0.230 e. The molecule has 192 valence electrons. The number of aromatic amines is 1. The molecule has 9 heteroatoms. The van der Waals surface area contributed by atoms with Crippen molar-refractivity contribution in [2.24, 2.45) is 0 Å². The second-order valence-electron chi connectivity index (χ2n) is 10.2. The number of hydrogen-bond acceptors (Lipinski definition) is 6. The fraction of sp³-hybridized carbons (Fsp3) is 0.429. The van der Waals surface area contributed by atoms with Gasteiger partial charge in [-0.1, -0.05) is 37.3 Å². The summed E-state index contributed by atoms with van der Waals surface area (Å²) in [6.45, 7) is 4.37. The summed E-state index contributed by atoms with van der Waals surface area (Å²) in [4.78, 5) is 21.9. The van der Waals surface area contributed by atoms with Crippen LogP contribution in [-0.2, 0) is 24.1 Å². The molecule has 3 heterocycles. The van der Waals surface area contributed by atoms with Crippen molar-refractivity contribution in [3.05, 3.63) is 65.6 Å². The third-order valence-electron chi connectivity index (χ3n) is 7.86. The monoisotopic (exact) mass is 498 g/mol. The maximum absolute atomic E-state index is 13.4. The lowest BCUT2D eigenvalue weighted by atomic mass is 9.93. The quantitative estimate of drug-likeness (QED) is 0.404. The van der Waals surface area contributed by atoms with Crippen LogP contribution in [0.15, 0.2) is 48.5 Å². The number of nitrogen functional groups attached to an aromatic ring is 1. The zero-order valence-electron chi connectivity index (χ0n) is 21.3. The number of nitrogens with zero attached hydrogens (tertiary/aromatic N) is 6. The number of hydrogen-bond donors (Lipinski definition) is 2. The Balaban J connectivity index is 1.27. The van der Waals surface area contributed by atoms with Gasteiger partial charge in [0.1, 0.15) is 0 Å². The van der Waals surface area contributed by atoms with Gasteiger partial charge in [0.25, 0.3) is 0 Å². The normalized spacial score (nSPS) is 18.4. The molecule has 6 rings (SSSR count). The first kappa shape index (κ1) is 23.5. The third-order valence-corrected chi connectivity index (χ3v) is 7.86. The van der Waals surface area contributed by atoms with E-state index in [0.29, 0.717) is 18.4 Å². The number of benzene rings is 2. The first-order valence-corrected chi connectivity index (χ1v) is 13.3. The Labute approximate surface area is 216 Å². The second-order valence-corrected chi connectivity index (χ2v) is 10.2. The summed E-state index contributed by atoms with van der Waals surface area (Å²) >= 11 is 0. The van der Waals surface area contributed by atoms with Gasteiger partial charge in [-0.15, -0.1) is 0 Å². The van der Waals surface area contributed by atoms with E-state index in [-0.39, 0.29) is 24.3 Å². The molecule has 2 aromatic heterocycles. The number of rotatable bonds is 7. The summed E-state index contributed by atoms with van der Waals surface area (Å²) in [5, 5.41) is 12.9. The van der Waals surface area contributed by atoms with Gasteiger partial charge in [0.05, 0.1) is 29.7 Å². The molecule has 0 bridgehead atoms. The minimum absolute atomic E-state index is 0.0330. The van der Waals surface area contributed by atoms with Gasteiger partial charge in [-0.3, -0.25) is 9.48 Å². The first-order valence-electron chi connectivity index (χ1n) is 13.3. The summed E-state index contributed by atoms with van der Waals surface area (Å²) in [5.74, 6) is 0.701. The van der Waals surface area contributed by atoms with Crippen LogP contribution in [0.5, 0.6) is 0 Å². The molecule has 9 nitrogen and oxygen atoms in total. The van der Waals surface area contributed by atoms with E-state index in [4.69, 9.17) is 10.8 Å². The molecule has 1 atom stereocenters. The zero-order valence-corrected chi connectivity index (χ0v) is 21.3. The number of nitrogens with one attached hydrogen (secondary N) is 1. The fourth-order valence-electron chi connectivity index (χ4n) is 5.66. The lowest BCUT2D eigenvalue weighted by Crippen LogP contribution is -2.56. The van der Waals surface area contributed by atoms with Crippen LogP contribution in [0.1, 0.15) is 49.3 Å². The zero-order chi connectivity index (χ0) is 25.4.